The molecule has 6 heteroatoms. The zero-order chi connectivity index (χ0) is 15.3. The second kappa shape index (κ2) is 5.05. The van der Waals surface area contributed by atoms with Gasteiger partial charge in [-0.25, -0.2) is 4.98 Å². The molecule has 2 fully saturated rings. The fraction of sp³-hybridized carbons (Fsp3) is 0.562. The number of carbonyl (C=O) groups excluding carboxylic acids is 1. The van der Waals surface area contributed by atoms with Crippen molar-refractivity contribution in [3.63, 3.8) is 0 Å². The summed E-state index contributed by atoms with van der Waals surface area (Å²) in [6, 6.07) is 3.17. The number of piperidine rings is 1. The second-order valence-corrected chi connectivity index (χ2v) is 6.54. The van der Waals surface area contributed by atoms with E-state index in [9.17, 15) is 4.79 Å². The van der Waals surface area contributed by atoms with Crippen LogP contribution in [0.3, 0.4) is 0 Å². The fourth-order valence-electron chi connectivity index (χ4n) is 3.83. The highest BCUT2D eigenvalue weighted by molar-refractivity contribution is 6.06. The highest BCUT2D eigenvalue weighted by atomic mass is 16.5. The molecule has 4 heterocycles. The van der Waals surface area contributed by atoms with E-state index in [0.29, 0.717) is 29.1 Å². The molecular weight excluding hydrogens is 280 g/mol. The Morgan fingerprint density at radius 1 is 1.32 bits per heavy atom. The van der Waals surface area contributed by atoms with Gasteiger partial charge in [0.15, 0.2) is 0 Å². The van der Waals surface area contributed by atoms with Crippen molar-refractivity contribution in [1.82, 2.24) is 20.8 Å². The first kappa shape index (κ1) is 13.7. The summed E-state index contributed by atoms with van der Waals surface area (Å²) < 4.78 is 5.20. The predicted molar refractivity (Wildman–Crippen MR) is 81.7 cm³/mol. The van der Waals surface area contributed by atoms with Crippen molar-refractivity contribution in [1.29, 1.82) is 0 Å². The molecule has 0 aromatic carbocycles. The molecule has 0 spiro atoms. The average Bonchev–Trinajstić information content (AvgIpc) is 3.01. The molecule has 0 saturated carbocycles. The van der Waals surface area contributed by atoms with Gasteiger partial charge in [0.2, 0.25) is 0 Å². The maximum Gasteiger partial charge on any atom is 0.258 e. The molecule has 2 aromatic heterocycles. The summed E-state index contributed by atoms with van der Waals surface area (Å²) in [5, 5.41) is 11.4. The Hall–Kier alpha value is -1.95. The molecule has 2 N–H and O–H groups in total. The first-order chi connectivity index (χ1) is 10.6. The molecule has 2 saturated heterocycles. The van der Waals surface area contributed by atoms with E-state index in [1.54, 1.807) is 0 Å². The molecule has 2 aromatic rings. The molecule has 0 aliphatic carbocycles. The van der Waals surface area contributed by atoms with Gasteiger partial charge in [0.1, 0.15) is 0 Å². The minimum atomic E-state index is -0.0481. The molecule has 116 valence electrons. The van der Waals surface area contributed by atoms with Crippen LogP contribution in [0.4, 0.5) is 0 Å². The summed E-state index contributed by atoms with van der Waals surface area (Å²) in [6.45, 7) is 3.70. The van der Waals surface area contributed by atoms with Crippen molar-refractivity contribution in [2.75, 3.05) is 0 Å². The van der Waals surface area contributed by atoms with E-state index in [1.807, 2.05) is 19.9 Å². The van der Waals surface area contributed by atoms with Crippen LogP contribution in [-0.4, -0.2) is 34.2 Å². The highest BCUT2D eigenvalue weighted by Crippen LogP contribution is 2.27. The van der Waals surface area contributed by atoms with Crippen LogP contribution in [-0.2, 0) is 0 Å². The average molecular weight is 300 g/mol. The normalized spacial score (nSPS) is 27.3. The summed E-state index contributed by atoms with van der Waals surface area (Å²) in [5.74, 6) is -0.0481. The third kappa shape index (κ3) is 2.27. The largest absolute Gasteiger partial charge is 0.349 e. The van der Waals surface area contributed by atoms with Gasteiger partial charge in [-0.15, -0.1) is 0 Å². The Morgan fingerprint density at radius 2 is 2.05 bits per heavy atom. The summed E-state index contributed by atoms with van der Waals surface area (Å²) in [7, 11) is 0. The first-order valence-electron chi connectivity index (χ1n) is 7.90. The zero-order valence-electron chi connectivity index (χ0n) is 12.8. The summed E-state index contributed by atoms with van der Waals surface area (Å²) in [4.78, 5) is 17.0. The van der Waals surface area contributed by atoms with E-state index in [-0.39, 0.29) is 11.9 Å². The first-order valence-corrected chi connectivity index (χ1v) is 7.90. The SMILES string of the molecule is Cc1cc(C(=O)NC2CC3CCC(C2)N3)c2c(C)noc2n1. The third-order valence-corrected chi connectivity index (χ3v) is 4.80. The lowest BCUT2D eigenvalue weighted by atomic mass is 9.99. The van der Waals surface area contributed by atoms with Gasteiger partial charge in [-0.2, -0.15) is 0 Å². The molecule has 2 atom stereocenters. The fourth-order valence-corrected chi connectivity index (χ4v) is 3.83. The van der Waals surface area contributed by atoms with Gasteiger partial charge in [0.05, 0.1) is 16.6 Å². The van der Waals surface area contributed by atoms with E-state index in [1.165, 1.54) is 12.8 Å². The van der Waals surface area contributed by atoms with Crippen LogP contribution in [0.25, 0.3) is 11.1 Å². The zero-order valence-corrected chi connectivity index (χ0v) is 12.8. The van der Waals surface area contributed by atoms with Crippen LogP contribution in [0.15, 0.2) is 10.6 Å². The van der Waals surface area contributed by atoms with Crippen LogP contribution < -0.4 is 10.6 Å². The monoisotopic (exact) mass is 300 g/mol. The lowest BCUT2D eigenvalue weighted by molar-refractivity contribution is 0.0925. The van der Waals surface area contributed by atoms with Crippen molar-refractivity contribution < 1.29 is 9.32 Å². The van der Waals surface area contributed by atoms with Gasteiger partial charge in [-0.1, -0.05) is 5.16 Å². The van der Waals surface area contributed by atoms with E-state index in [4.69, 9.17) is 4.52 Å². The Bertz CT molecular complexity index is 727. The number of amides is 1. The Balaban J connectivity index is 1.61. The number of hydrogen-bond acceptors (Lipinski definition) is 5. The predicted octanol–water partition coefficient (Wildman–Crippen LogP) is 1.85. The summed E-state index contributed by atoms with van der Waals surface area (Å²) >= 11 is 0. The third-order valence-electron chi connectivity index (χ3n) is 4.80. The number of aryl methyl sites for hydroxylation is 2. The molecule has 0 radical (unpaired) electrons. The van der Waals surface area contributed by atoms with Gasteiger partial charge >= 0.3 is 0 Å². The van der Waals surface area contributed by atoms with Crippen LogP contribution >= 0.6 is 0 Å². The van der Waals surface area contributed by atoms with Crippen LogP contribution in [0.5, 0.6) is 0 Å². The Morgan fingerprint density at radius 3 is 2.77 bits per heavy atom. The van der Waals surface area contributed by atoms with E-state index >= 15 is 0 Å². The molecule has 2 bridgehead atoms. The van der Waals surface area contributed by atoms with E-state index < -0.39 is 0 Å². The van der Waals surface area contributed by atoms with Crippen LogP contribution in [0, 0.1) is 13.8 Å². The lowest BCUT2D eigenvalue weighted by Gasteiger charge is -2.29. The van der Waals surface area contributed by atoms with Gasteiger partial charge in [-0.3, -0.25) is 4.79 Å². The maximum absolute atomic E-state index is 12.7. The number of carbonyl (C=O) groups is 1. The molecule has 2 aliphatic heterocycles. The van der Waals surface area contributed by atoms with Crippen molar-refractivity contribution >= 4 is 17.0 Å². The molecule has 22 heavy (non-hydrogen) atoms. The molecular formula is C16H20N4O2. The van der Waals surface area contributed by atoms with Gasteiger partial charge in [-0.05, 0) is 45.6 Å². The number of pyridine rings is 1. The smallest absolute Gasteiger partial charge is 0.258 e. The van der Waals surface area contributed by atoms with Gasteiger partial charge in [0.25, 0.3) is 11.6 Å². The number of fused-ring (bicyclic) bond motifs is 3. The quantitative estimate of drug-likeness (QED) is 0.885. The minimum absolute atomic E-state index is 0.0481. The lowest BCUT2D eigenvalue weighted by Crippen LogP contribution is -2.48. The summed E-state index contributed by atoms with van der Waals surface area (Å²) in [5.41, 5.74) is 2.53. The van der Waals surface area contributed by atoms with E-state index in [2.05, 4.69) is 20.8 Å². The number of nitrogens with zero attached hydrogens (tertiary/aromatic N) is 2. The molecule has 2 aliphatic rings. The van der Waals surface area contributed by atoms with Crippen molar-refractivity contribution in [3.8, 4) is 0 Å². The molecule has 1 amide bonds. The second-order valence-electron chi connectivity index (χ2n) is 6.54. The minimum Gasteiger partial charge on any atom is -0.349 e. The Kier molecular flexibility index (Phi) is 3.14. The van der Waals surface area contributed by atoms with E-state index in [0.717, 1.165) is 23.9 Å². The van der Waals surface area contributed by atoms with Crippen molar-refractivity contribution in [2.45, 2.75) is 57.7 Å². The van der Waals surface area contributed by atoms with Gasteiger partial charge < -0.3 is 15.2 Å². The molecule has 6 nitrogen and oxygen atoms in total. The number of rotatable bonds is 2. The molecule has 2 unspecified atom stereocenters. The maximum atomic E-state index is 12.7. The van der Waals surface area contributed by atoms with Crippen LogP contribution in [0.1, 0.15) is 47.4 Å². The summed E-state index contributed by atoms with van der Waals surface area (Å²) in [6.07, 6.45) is 4.47. The van der Waals surface area contributed by atoms with Crippen molar-refractivity contribution in [2.24, 2.45) is 0 Å². The van der Waals surface area contributed by atoms with Gasteiger partial charge in [0, 0.05) is 23.8 Å². The highest BCUT2D eigenvalue weighted by Gasteiger charge is 2.34. The topological polar surface area (TPSA) is 80.0 Å². The number of nitrogens with one attached hydrogen (secondary N) is 2. The van der Waals surface area contributed by atoms with Crippen LogP contribution in [0.2, 0.25) is 0 Å². The standard InChI is InChI=1S/C16H20N4O2/c1-8-5-13(14-9(2)20-22-16(14)17-8)15(21)19-12-6-10-3-4-11(7-12)18-10/h5,10-12,18H,3-4,6-7H2,1-2H3,(H,19,21). The number of aromatic nitrogens is 2. The number of hydrogen-bond donors (Lipinski definition) is 2. The molecule has 4 rings (SSSR count). The van der Waals surface area contributed by atoms with Crippen molar-refractivity contribution in [3.05, 3.63) is 23.0 Å². The Labute approximate surface area is 128 Å².